The summed E-state index contributed by atoms with van der Waals surface area (Å²) in [5, 5.41) is 18.6. The van der Waals surface area contributed by atoms with Crippen molar-refractivity contribution in [2.24, 2.45) is 31.4 Å². The van der Waals surface area contributed by atoms with Gasteiger partial charge in [0, 0.05) is 15.7 Å². The van der Waals surface area contributed by atoms with Crippen LogP contribution in [0, 0.1) is 0 Å². The van der Waals surface area contributed by atoms with Gasteiger partial charge in [-0.1, -0.05) is 0 Å². The second-order valence-corrected chi connectivity index (χ2v) is 1.25. The standard InChI is InChI=1S/C3H9N7O2/c1-3-12-10-8-6-4-5-7-9-11-2/h3H2,1-2H3,(H,5,6,9,10). The zero-order valence-electron chi connectivity index (χ0n) is 6.71. The summed E-state index contributed by atoms with van der Waals surface area (Å²) >= 11 is 0. The summed E-state index contributed by atoms with van der Waals surface area (Å²) in [6, 6.07) is 0. The fraction of sp³-hybridized carbons (Fsp3) is 1.00. The summed E-state index contributed by atoms with van der Waals surface area (Å²) < 4.78 is 0. The summed E-state index contributed by atoms with van der Waals surface area (Å²) in [6.07, 6.45) is 0. The van der Waals surface area contributed by atoms with E-state index in [9.17, 15) is 0 Å². The van der Waals surface area contributed by atoms with Gasteiger partial charge in [0.05, 0.1) is 7.11 Å². The molecule has 0 aromatic rings. The van der Waals surface area contributed by atoms with Crippen LogP contribution in [0.25, 0.3) is 0 Å². The van der Waals surface area contributed by atoms with Gasteiger partial charge in [0.25, 0.3) is 0 Å². The van der Waals surface area contributed by atoms with Crippen molar-refractivity contribution in [1.29, 1.82) is 0 Å². The van der Waals surface area contributed by atoms with Crippen LogP contribution in [0.5, 0.6) is 0 Å². The number of hydrogen-bond acceptors (Lipinski definition) is 4. The number of nitrogens with zero attached hydrogens (tertiary/aromatic N) is 6. The Bertz CT molecular complexity index is 148. The molecule has 0 heterocycles. The number of hydrogen-bond donors (Lipinski definition) is 1. The lowest BCUT2D eigenvalue weighted by atomic mass is 10.9. The third-order valence-corrected chi connectivity index (χ3v) is 0.520. The first-order chi connectivity index (χ1) is 5.91. The molecule has 0 atom stereocenters. The highest BCUT2D eigenvalue weighted by atomic mass is 16.7. The molecule has 1 N–H and O–H groups in total. The van der Waals surface area contributed by atoms with Gasteiger partial charge in [0.1, 0.15) is 6.61 Å². The summed E-state index contributed by atoms with van der Waals surface area (Å²) in [6.45, 7) is 2.18. The molecule has 9 heteroatoms. The quantitative estimate of drug-likeness (QED) is 0.484. The van der Waals surface area contributed by atoms with Gasteiger partial charge >= 0.3 is 0 Å². The highest BCUT2D eigenvalue weighted by Gasteiger charge is 1.70. The highest BCUT2D eigenvalue weighted by molar-refractivity contribution is 4.06. The molecule has 0 fully saturated rings. The molecule has 0 aliphatic rings. The van der Waals surface area contributed by atoms with E-state index in [2.05, 4.69) is 46.7 Å². The lowest BCUT2D eigenvalue weighted by molar-refractivity contribution is 0.0870. The Morgan fingerprint density at radius 1 is 1.17 bits per heavy atom. The molecule has 9 nitrogen and oxygen atoms in total. The van der Waals surface area contributed by atoms with Crippen molar-refractivity contribution in [3.8, 4) is 0 Å². The van der Waals surface area contributed by atoms with Crippen molar-refractivity contribution >= 4 is 0 Å². The Morgan fingerprint density at radius 3 is 2.58 bits per heavy atom. The van der Waals surface area contributed by atoms with Crippen LogP contribution in [0.3, 0.4) is 0 Å². The van der Waals surface area contributed by atoms with E-state index in [0.29, 0.717) is 6.61 Å². The molecule has 0 bridgehead atoms. The molecule has 68 valence electrons. The van der Waals surface area contributed by atoms with Crippen LogP contribution in [0.15, 0.2) is 31.4 Å². The van der Waals surface area contributed by atoms with Crippen LogP contribution in [0.2, 0.25) is 0 Å². The Balaban J connectivity index is 3.35. The maximum atomic E-state index is 4.45. The fourth-order valence-electron chi connectivity index (χ4n) is 0.215. The van der Waals surface area contributed by atoms with Gasteiger partial charge in [-0.3, -0.25) is 4.84 Å². The third kappa shape index (κ3) is 8.36. The largest absolute Gasteiger partial charge is 0.378 e. The monoisotopic (exact) mass is 175 g/mol. The van der Waals surface area contributed by atoms with Gasteiger partial charge in [-0.15, -0.1) is 0 Å². The van der Waals surface area contributed by atoms with Gasteiger partial charge in [-0.25, -0.2) is 0 Å². The van der Waals surface area contributed by atoms with Gasteiger partial charge in [0.2, 0.25) is 0 Å². The van der Waals surface area contributed by atoms with Gasteiger partial charge < -0.3 is 4.84 Å². The molecule has 0 aliphatic heterocycles. The molecule has 0 unspecified atom stereocenters. The fourth-order valence-corrected chi connectivity index (χ4v) is 0.215. The average Bonchev–Trinajstić information content (AvgIpc) is 2.10. The number of nitrogens with one attached hydrogen (secondary N) is 1. The smallest absolute Gasteiger partial charge is 0.116 e. The first-order valence-electron chi connectivity index (χ1n) is 3.01. The Hall–Kier alpha value is -1.64. The zero-order chi connectivity index (χ0) is 9.07. The molecule has 0 amide bonds. The van der Waals surface area contributed by atoms with E-state index in [0.717, 1.165) is 0 Å². The summed E-state index contributed by atoms with van der Waals surface area (Å²) in [4.78, 5) is 8.75. The first kappa shape index (κ1) is 10.4. The predicted octanol–water partition coefficient (Wildman–Crippen LogP) is 1.19. The predicted molar refractivity (Wildman–Crippen MR) is 36.3 cm³/mol. The molecule has 0 saturated carbocycles. The van der Waals surface area contributed by atoms with Crippen LogP contribution >= 0.6 is 0 Å². The van der Waals surface area contributed by atoms with E-state index in [-0.39, 0.29) is 0 Å². The molecule has 0 spiro atoms. The normalized spacial score (nSPS) is 11.8. The highest BCUT2D eigenvalue weighted by Crippen LogP contribution is 1.83. The molecule has 12 heavy (non-hydrogen) atoms. The summed E-state index contributed by atoms with van der Waals surface area (Å²) in [5.74, 6) is 0. The van der Waals surface area contributed by atoms with Crippen LogP contribution in [0.4, 0.5) is 0 Å². The third-order valence-electron chi connectivity index (χ3n) is 0.520. The Kier molecular flexibility index (Phi) is 8.08. The van der Waals surface area contributed by atoms with Gasteiger partial charge in [-0.05, 0) is 22.6 Å². The molecule has 0 saturated heterocycles. The SMILES string of the molecule is CCON=NN=NN=NNOC. The van der Waals surface area contributed by atoms with E-state index in [1.54, 1.807) is 6.92 Å². The van der Waals surface area contributed by atoms with E-state index in [4.69, 9.17) is 0 Å². The maximum Gasteiger partial charge on any atom is 0.116 e. The van der Waals surface area contributed by atoms with E-state index >= 15 is 0 Å². The molecule has 0 radical (unpaired) electrons. The van der Waals surface area contributed by atoms with Gasteiger partial charge in [0.15, 0.2) is 0 Å². The lowest BCUT2D eigenvalue weighted by Crippen LogP contribution is -1.98. The number of rotatable bonds is 6. The minimum atomic E-state index is 0.422. The second kappa shape index (κ2) is 9.36. The summed E-state index contributed by atoms with van der Waals surface area (Å²) in [7, 11) is 1.38. The van der Waals surface area contributed by atoms with E-state index < -0.39 is 0 Å². The van der Waals surface area contributed by atoms with Gasteiger partial charge in [-0.2, -0.15) is 5.59 Å². The summed E-state index contributed by atoms with van der Waals surface area (Å²) in [5.41, 5.74) is 2.05. The van der Waals surface area contributed by atoms with Crippen LogP contribution in [-0.2, 0) is 9.68 Å². The minimum absolute atomic E-state index is 0.422. The van der Waals surface area contributed by atoms with Crippen molar-refractivity contribution in [1.82, 2.24) is 5.59 Å². The van der Waals surface area contributed by atoms with E-state index in [1.165, 1.54) is 7.11 Å². The van der Waals surface area contributed by atoms with Crippen molar-refractivity contribution in [2.45, 2.75) is 6.92 Å². The molecular formula is C3H9N7O2. The molecule has 0 aromatic carbocycles. The van der Waals surface area contributed by atoms with Crippen molar-refractivity contribution in [3.63, 3.8) is 0 Å². The maximum absolute atomic E-state index is 4.45. The lowest BCUT2D eigenvalue weighted by Gasteiger charge is -1.85. The Labute approximate surface area is 68.4 Å². The first-order valence-corrected chi connectivity index (χ1v) is 3.01. The van der Waals surface area contributed by atoms with E-state index in [1.807, 2.05) is 0 Å². The van der Waals surface area contributed by atoms with Crippen LogP contribution in [-0.4, -0.2) is 13.7 Å². The average molecular weight is 175 g/mol. The molecule has 0 aliphatic carbocycles. The minimum Gasteiger partial charge on any atom is -0.378 e. The van der Waals surface area contributed by atoms with Crippen molar-refractivity contribution < 1.29 is 9.68 Å². The second-order valence-electron chi connectivity index (χ2n) is 1.25. The van der Waals surface area contributed by atoms with Crippen molar-refractivity contribution in [2.75, 3.05) is 13.7 Å². The molecular weight excluding hydrogens is 166 g/mol. The van der Waals surface area contributed by atoms with Crippen LogP contribution < -0.4 is 5.59 Å². The molecule has 0 aromatic heterocycles. The Morgan fingerprint density at radius 2 is 1.92 bits per heavy atom. The topological polar surface area (TPSA) is 105 Å². The zero-order valence-corrected chi connectivity index (χ0v) is 6.71. The van der Waals surface area contributed by atoms with Crippen LogP contribution in [0.1, 0.15) is 6.92 Å². The van der Waals surface area contributed by atoms with Crippen molar-refractivity contribution in [3.05, 3.63) is 0 Å². The molecule has 0 rings (SSSR count).